The molecule has 1 rings (SSSR count). The molecule has 0 saturated heterocycles. The third-order valence-corrected chi connectivity index (χ3v) is 2.51. The zero-order chi connectivity index (χ0) is 18.5. The molecule has 0 bridgehead atoms. The number of carbonyl (C=O) groups excluding carboxylic acids is 2. The maximum absolute atomic E-state index is 12.4. The van der Waals surface area contributed by atoms with Gasteiger partial charge in [0, 0.05) is 13.2 Å². The number of rotatable bonds is 5. The number of carbonyl (C=O) groups is 2. The summed E-state index contributed by atoms with van der Waals surface area (Å²) < 4.78 is 74.3. The Morgan fingerprint density at radius 3 is 1.83 bits per heavy atom. The van der Waals surface area contributed by atoms with Gasteiger partial charge in [-0.3, -0.25) is 14.6 Å². The Kier molecular flexibility index (Phi) is 5.88. The van der Waals surface area contributed by atoms with Crippen LogP contribution >= 0.6 is 0 Å². The van der Waals surface area contributed by atoms with Gasteiger partial charge < -0.3 is 0 Å². The summed E-state index contributed by atoms with van der Waals surface area (Å²) in [4.78, 5) is 22.1. The predicted octanol–water partition coefficient (Wildman–Crippen LogP) is 3.10. The number of Topliss-reactive ketones (excluding diaryl/α,β-unsaturated/α-hetero) is 2. The van der Waals surface area contributed by atoms with Gasteiger partial charge in [0.25, 0.3) is 11.6 Å². The second-order valence-corrected chi connectivity index (χ2v) is 4.43. The number of halogens is 6. The van der Waals surface area contributed by atoms with Crippen molar-refractivity contribution in [2.24, 2.45) is 5.10 Å². The average molecular weight is 352 g/mol. The van der Waals surface area contributed by atoms with Crippen LogP contribution in [0.25, 0.3) is 0 Å². The largest absolute Gasteiger partial charge is 0.455 e. The van der Waals surface area contributed by atoms with E-state index in [-0.39, 0.29) is 6.20 Å². The molecule has 1 aromatic carbocycles. The van der Waals surface area contributed by atoms with Crippen LogP contribution in [0.4, 0.5) is 26.3 Å². The summed E-state index contributed by atoms with van der Waals surface area (Å²) in [6.45, 7) is 0. The van der Waals surface area contributed by atoms with Gasteiger partial charge in [-0.25, -0.2) is 0 Å². The first-order valence-corrected chi connectivity index (χ1v) is 6.19. The average Bonchev–Trinajstić information content (AvgIpc) is 2.48. The molecule has 10 heteroatoms. The molecule has 0 heterocycles. The molecule has 24 heavy (non-hydrogen) atoms. The van der Waals surface area contributed by atoms with Gasteiger partial charge in [0.05, 0.1) is 11.8 Å². The molecule has 0 radical (unpaired) electrons. The highest BCUT2D eigenvalue weighted by Crippen LogP contribution is 2.27. The molecule has 0 N–H and O–H groups in total. The number of benzene rings is 1. The predicted molar refractivity (Wildman–Crippen MR) is 72.0 cm³/mol. The highest BCUT2D eigenvalue weighted by atomic mass is 19.4. The Hall–Kier alpha value is -2.65. The molecule has 0 aromatic heterocycles. The number of hydrogen-bond donors (Lipinski definition) is 0. The van der Waals surface area contributed by atoms with E-state index in [1.165, 1.54) is 0 Å². The molecule has 0 spiro atoms. The molecule has 0 atom stereocenters. The lowest BCUT2D eigenvalue weighted by atomic mass is 10.1. The van der Waals surface area contributed by atoms with Crippen molar-refractivity contribution < 1.29 is 35.9 Å². The van der Waals surface area contributed by atoms with Crippen molar-refractivity contribution in [1.82, 2.24) is 5.01 Å². The van der Waals surface area contributed by atoms with Crippen molar-refractivity contribution in [3.63, 3.8) is 0 Å². The molecule has 0 unspecified atom stereocenters. The van der Waals surface area contributed by atoms with Gasteiger partial charge in [-0.05, 0) is 5.56 Å². The van der Waals surface area contributed by atoms with Crippen molar-refractivity contribution in [3.05, 3.63) is 47.7 Å². The molecule has 0 aliphatic heterocycles. The minimum absolute atomic E-state index is 0.0884. The van der Waals surface area contributed by atoms with E-state index in [1.54, 1.807) is 30.3 Å². The number of hydrogen-bond acceptors (Lipinski definition) is 4. The standard InChI is InChI=1S/C14H10F6N2O2/c1-22(21-7-9-5-3-2-4-6-9)8-10(11(23)13(15,16)17)12(24)14(18,19)20/h2-8H,1H3/b21-7+. The zero-order valence-electron chi connectivity index (χ0n) is 12.0. The van der Waals surface area contributed by atoms with Crippen molar-refractivity contribution >= 4 is 17.8 Å². The lowest BCUT2D eigenvalue weighted by Crippen LogP contribution is -2.35. The fourth-order valence-electron chi connectivity index (χ4n) is 1.44. The van der Waals surface area contributed by atoms with E-state index < -0.39 is 29.5 Å². The summed E-state index contributed by atoms with van der Waals surface area (Å²) in [5.41, 5.74) is -1.56. The van der Waals surface area contributed by atoms with Gasteiger partial charge in [0.1, 0.15) is 0 Å². The normalized spacial score (nSPS) is 12.1. The Labute approximate surface area is 132 Å². The maximum Gasteiger partial charge on any atom is 0.455 e. The van der Waals surface area contributed by atoms with Gasteiger partial charge in [-0.15, -0.1) is 0 Å². The molecule has 0 aliphatic carbocycles. The van der Waals surface area contributed by atoms with Crippen LogP contribution in [0.15, 0.2) is 47.2 Å². The van der Waals surface area contributed by atoms with Gasteiger partial charge in [-0.1, -0.05) is 30.3 Å². The van der Waals surface area contributed by atoms with Gasteiger partial charge in [0.2, 0.25) is 0 Å². The van der Waals surface area contributed by atoms with Crippen LogP contribution in [0, 0.1) is 0 Å². The third kappa shape index (κ3) is 5.52. The first-order valence-electron chi connectivity index (χ1n) is 6.19. The van der Waals surface area contributed by atoms with Crippen LogP contribution in [-0.4, -0.2) is 42.2 Å². The Morgan fingerprint density at radius 2 is 1.42 bits per heavy atom. The summed E-state index contributed by atoms with van der Waals surface area (Å²) in [5.74, 6) is -5.79. The Morgan fingerprint density at radius 1 is 0.958 bits per heavy atom. The van der Waals surface area contributed by atoms with E-state index >= 15 is 0 Å². The van der Waals surface area contributed by atoms with E-state index in [1.807, 2.05) is 0 Å². The highest BCUT2D eigenvalue weighted by Gasteiger charge is 2.50. The molecule has 0 aliphatic rings. The quantitative estimate of drug-likeness (QED) is 0.204. The lowest BCUT2D eigenvalue weighted by molar-refractivity contribution is -0.175. The van der Waals surface area contributed by atoms with E-state index in [0.717, 1.165) is 13.3 Å². The van der Waals surface area contributed by atoms with Crippen LogP contribution < -0.4 is 0 Å². The minimum Gasteiger partial charge on any atom is -0.284 e. The number of nitrogens with zero attached hydrogens (tertiary/aromatic N) is 2. The Balaban J connectivity index is 3.14. The molecule has 0 amide bonds. The van der Waals surface area contributed by atoms with Crippen molar-refractivity contribution in [2.75, 3.05) is 7.05 Å². The fraction of sp³-hybridized carbons (Fsp3) is 0.214. The van der Waals surface area contributed by atoms with Crippen LogP contribution in [0.2, 0.25) is 0 Å². The number of alkyl halides is 6. The second kappa shape index (κ2) is 7.28. The van der Waals surface area contributed by atoms with Crippen LogP contribution in [0.1, 0.15) is 5.56 Å². The number of hydrazone groups is 1. The van der Waals surface area contributed by atoms with Gasteiger partial charge >= 0.3 is 12.4 Å². The van der Waals surface area contributed by atoms with Gasteiger partial charge in [0.15, 0.2) is 0 Å². The number of ketones is 2. The first kappa shape index (κ1) is 19.4. The zero-order valence-corrected chi connectivity index (χ0v) is 12.0. The fourth-order valence-corrected chi connectivity index (χ4v) is 1.44. The van der Waals surface area contributed by atoms with Crippen molar-refractivity contribution in [2.45, 2.75) is 12.4 Å². The SMILES string of the molecule is CN(C=C(C(=O)C(F)(F)F)C(=O)C(F)(F)F)/N=C/c1ccccc1. The van der Waals surface area contributed by atoms with E-state index in [4.69, 9.17) is 0 Å². The van der Waals surface area contributed by atoms with Crippen LogP contribution in [0.5, 0.6) is 0 Å². The monoisotopic (exact) mass is 352 g/mol. The van der Waals surface area contributed by atoms with Crippen LogP contribution in [-0.2, 0) is 9.59 Å². The summed E-state index contributed by atoms with van der Waals surface area (Å²) in [6.07, 6.45) is -10.0. The van der Waals surface area contributed by atoms with Crippen LogP contribution in [0.3, 0.4) is 0 Å². The van der Waals surface area contributed by atoms with Crippen molar-refractivity contribution in [1.29, 1.82) is 0 Å². The molecule has 1 aromatic rings. The number of allylic oxidation sites excluding steroid dienone is 1. The summed E-state index contributed by atoms with van der Waals surface area (Å²) in [5, 5.41) is 4.07. The molecule has 0 fully saturated rings. The summed E-state index contributed by atoms with van der Waals surface area (Å²) >= 11 is 0. The molecule has 130 valence electrons. The molecular weight excluding hydrogens is 342 g/mol. The van der Waals surface area contributed by atoms with E-state index in [0.29, 0.717) is 10.6 Å². The first-order chi connectivity index (χ1) is 10.9. The van der Waals surface area contributed by atoms with Crippen molar-refractivity contribution in [3.8, 4) is 0 Å². The summed E-state index contributed by atoms with van der Waals surface area (Å²) in [7, 11) is 0.979. The maximum atomic E-state index is 12.4. The molecule has 0 saturated carbocycles. The van der Waals surface area contributed by atoms with E-state index in [2.05, 4.69) is 5.10 Å². The summed E-state index contributed by atoms with van der Waals surface area (Å²) in [6, 6.07) is 8.09. The molecule has 4 nitrogen and oxygen atoms in total. The lowest BCUT2D eigenvalue weighted by Gasteiger charge is -2.13. The van der Waals surface area contributed by atoms with E-state index in [9.17, 15) is 35.9 Å². The topological polar surface area (TPSA) is 49.7 Å². The van der Waals surface area contributed by atoms with Gasteiger partial charge in [-0.2, -0.15) is 31.4 Å². The smallest absolute Gasteiger partial charge is 0.284 e. The highest BCUT2D eigenvalue weighted by molar-refractivity contribution is 6.23. The second-order valence-electron chi connectivity index (χ2n) is 4.43. The Bertz CT molecular complexity index is 634. The minimum atomic E-state index is -5.63. The molecular formula is C14H10F6N2O2. The third-order valence-electron chi connectivity index (χ3n) is 2.51.